The van der Waals surface area contributed by atoms with Crippen molar-refractivity contribution in [3.8, 4) is 11.4 Å². The van der Waals surface area contributed by atoms with Crippen molar-refractivity contribution in [3.63, 3.8) is 0 Å². The Bertz CT molecular complexity index is 1300. The SMILES string of the molecule is CCn1ncc(CN(C)C(=O)c2nc(-c3cnn(CCOC)c3)nc3ccc(Cl)cc23)c1C. The molecule has 172 valence electrons. The minimum atomic E-state index is -0.221. The first-order chi connectivity index (χ1) is 15.9. The maximum Gasteiger partial charge on any atom is 0.273 e. The van der Waals surface area contributed by atoms with Gasteiger partial charge in [-0.1, -0.05) is 11.6 Å². The molecule has 0 fully saturated rings. The van der Waals surface area contributed by atoms with Gasteiger partial charge >= 0.3 is 0 Å². The van der Waals surface area contributed by atoms with E-state index in [1.165, 1.54) is 0 Å². The monoisotopic (exact) mass is 467 g/mol. The molecular weight excluding hydrogens is 442 g/mol. The van der Waals surface area contributed by atoms with Crippen LogP contribution in [0.3, 0.4) is 0 Å². The number of rotatable bonds is 8. The summed E-state index contributed by atoms with van der Waals surface area (Å²) in [6.45, 7) is 6.39. The maximum atomic E-state index is 13.5. The number of hydrogen-bond acceptors (Lipinski definition) is 6. The average molecular weight is 468 g/mol. The molecule has 4 aromatic rings. The molecule has 0 unspecified atom stereocenters. The molecular formula is C23H26ClN7O2. The molecule has 0 aliphatic heterocycles. The van der Waals surface area contributed by atoms with Gasteiger partial charge in [-0.2, -0.15) is 10.2 Å². The van der Waals surface area contributed by atoms with Crippen LogP contribution in [0.15, 0.2) is 36.8 Å². The smallest absolute Gasteiger partial charge is 0.273 e. The van der Waals surface area contributed by atoms with Gasteiger partial charge < -0.3 is 9.64 Å². The van der Waals surface area contributed by atoms with E-state index in [4.69, 9.17) is 16.3 Å². The van der Waals surface area contributed by atoms with Gasteiger partial charge in [-0.15, -0.1) is 0 Å². The number of aromatic nitrogens is 6. The van der Waals surface area contributed by atoms with Crippen molar-refractivity contribution in [1.82, 2.24) is 34.4 Å². The molecule has 0 radical (unpaired) electrons. The number of fused-ring (bicyclic) bond motifs is 1. The van der Waals surface area contributed by atoms with Gasteiger partial charge in [0.05, 0.1) is 36.6 Å². The van der Waals surface area contributed by atoms with Gasteiger partial charge in [-0.3, -0.25) is 14.2 Å². The van der Waals surface area contributed by atoms with E-state index >= 15 is 0 Å². The van der Waals surface area contributed by atoms with Crippen LogP contribution in [0.5, 0.6) is 0 Å². The number of methoxy groups -OCH3 is 1. The lowest BCUT2D eigenvalue weighted by molar-refractivity contribution is 0.0781. The Kier molecular flexibility index (Phi) is 6.71. The molecule has 0 atom stereocenters. The summed E-state index contributed by atoms with van der Waals surface area (Å²) in [6, 6.07) is 5.28. The largest absolute Gasteiger partial charge is 0.383 e. The Morgan fingerprint density at radius 1 is 1.21 bits per heavy atom. The molecule has 0 saturated carbocycles. The zero-order chi connectivity index (χ0) is 23.5. The number of ether oxygens (including phenoxy) is 1. The summed E-state index contributed by atoms with van der Waals surface area (Å²) in [6.07, 6.45) is 5.33. The van der Waals surface area contributed by atoms with Crippen LogP contribution < -0.4 is 0 Å². The summed E-state index contributed by atoms with van der Waals surface area (Å²) in [4.78, 5) is 24.5. The molecule has 0 N–H and O–H groups in total. The molecule has 10 heteroatoms. The van der Waals surface area contributed by atoms with Gasteiger partial charge in [0.25, 0.3) is 5.91 Å². The lowest BCUT2D eigenvalue weighted by Gasteiger charge is -2.18. The van der Waals surface area contributed by atoms with Crippen molar-refractivity contribution in [2.45, 2.75) is 33.5 Å². The van der Waals surface area contributed by atoms with E-state index < -0.39 is 0 Å². The second-order valence-corrected chi connectivity index (χ2v) is 8.21. The third-order valence-electron chi connectivity index (χ3n) is 5.53. The number of benzene rings is 1. The predicted molar refractivity (Wildman–Crippen MR) is 126 cm³/mol. The summed E-state index contributed by atoms with van der Waals surface area (Å²) in [7, 11) is 3.40. The minimum Gasteiger partial charge on any atom is -0.383 e. The van der Waals surface area contributed by atoms with Crippen LogP contribution in [0.2, 0.25) is 5.02 Å². The number of amides is 1. The topological polar surface area (TPSA) is 91.0 Å². The van der Waals surface area contributed by atoms with E-state index in [2.05, 4.69) is 20.2 Å². The number of aryl methyl sites for hydroxylation is 1. The molecule has 0 bridgehead atoms. The van der Waals surface area contributed by atoms with Crippen LogP contribution in [0.1, 0.15) is 28.7 Å². The van der Waals surface area contributed by atoms with Crippen LogP contribution in [-0.4, -0.2) is 61.1 Å². The minimum absolute atomic E-state index is 0.221. The Labute approximate surface area is 197 Å². The number of carbonyl (C=O) groups is 1. The van der Waals surface area contributed by atoms with Crippen LogP contribution in [0.4, 0.5) is 0 Å². The van der Waals surface area contributed by atoms with Crippen LogP contribution in [0, 0.1) is 6.92 Å². The standard InChI is InChI=1S/C23H26ClN7O2/c1-5-31-15(2)16(11-26-31)13-29(3)23(32)21-19-10-18(24)6-7-20(19)27-22(28-21)17-12-25-30(14-17)8-9-33-4/h6-7,10-12,14H,5,8-9,13H2,1-4H3. The molecule has 3 heterocycles. The summed E-state index contributed by atoms with van der Waals surface area (Å²) in [5, 5.41) is 9.84. The zero-order valence-corrected chi connectivity index (χ0v) is 19.9. The van der Waals surface area contributed by atoms with Gasteiger partial charge in [0, 0.05) is 55.1 Å². The van der Waals surface area contributed by atoms with Crippen molar-refractivity contribution in [2.75, 3.05) is 20.8 Å². The molecule has 9 nitrogen and oxygen atoms in total. The lowest BCUT2D eigenvalue weighted by Crippen LogP contribution is -2.27. The Balaban J connectivity index is 1.71. The van der Waals surface area contributed by atoms with Gasteiger partial charge in [-0.05, 0) is 32.0 Å². The summed E-state index contributed by atoms with van der Waals surface area (Å²) < 4.78 is 8.78. The van der Waals surface area contributed by atoms with E-state index in [1.807, 2.05) is 24.7 Å². The highest BCUT2D eigenvalue weighted by atomic mass is 35.5. The maximum absolute atomic E-state index is 13.5. The zero-order valence-electron chi connectivity index (χ0n) is 19.1. The van der Waals surface area contributed by atoms with Crippen molar-refractivity contribution >= 4 is 28.4 Å². The van der Waals surface area contributed by atoms with E-state index in [1.54, 1.807) is 54.3 Å². The summed E-state index contributed by atoms with van der Waals surface area (Å²) >= 11 is 6.24. The van der Waals surface area contributed by atoms with Gasteiger partial charge in [0.15, 0.2) is 5.82 Å². The van der Waals surface area contributed by atoms with Crippen LogP contribution >= 0.6 is 11.6 Å². The van der Waals surface area contributed by atoms with E-state index in [-0.39, 0.29) is 5.91 Å². The Morgan fingerprint density at radius 2 is 2.03 bits per heavy atom. The first-order valence-corrected chi connectivity index (χ1v) is 11.0. The van der Waals surface area contributed by atoms with Crippen molar-refractivity contribution in [3.05, 3.63) is 58.8 Å². The first kappa shape index (κ1) is 22.9. The predicted octanol–water partition coefficient (Wildman–Crippen LogP) is 3.59. The van der Waals surface area contributed by atoms with Gasteiger partial charge in [-0.25, -0.2) is 9.97 Å². The Hall–Kier alpha value is -3.30. The highest BCUT2D eigenvalue weighted by Gasteiger charge is 2.21. The van der Waals surface area contributed by atoms with E-state index in [0.29, 0.717) is 47.1 Å². The van der Waals surface area contributed by atoms with Gasteiger partial charge in [0.1, 0.15) is 5.69 Å². The van der Waals surface area contributed by atoms with Crippen LogP contribution in [-0.2, 0) is 24.4 Å². The highest BCUT2D eigenvalue weighted by Crippen LogP contribution is 2.25. The second-order valence-electron chi connectivity index (χ2n) is 7.77. The molecule has 0 spiro atoms. The van der Waals surface area contributed by atoms with Crippen molar-refractivity contribution in [1.29, 1.82) is 0 Å². The molecule has 0 aliphatic carbocycles. The molecule has 33 heavy (non-hydrogen) atoms. The van der Waals surface area contributed by atoms with E-state index in [0.717, 1.165) is 23.4 Å². The first-order valence-electron chi connectivity index (χ1n) is 10.7. The fourth-order valence-electron chi connectivity index (χ4n) is 3.65. The molecule has 1 aromatic carbocycles. The number of halogens is 1. The average Bonchev–Trinajstić information content (AvgIpc) is 3.43. The fraction of sp³-hybridized carbons (Fsp3) is 0.348. The molecule has 3 aromatic heterocycles. The third-order valence-corrected chi connectivity index (χ3v) is 5.77. The highest BCUT2D eigenvalue weighted by molar-refractivity contribution is 6.31. The van der Waals surface area contributed by atoms with Crippen molar-refractivity contribution in [2.24, 2.45) is 0 Å². The van der Waals surface area contributed by atoms with Gasteiger partial charge in [0.2, 0.25) is 0 Å². The number of carbonyl (C=O) groups excluding carboxylic acids is 1. The molecule has 0 aliphatic rings. The number of hydrogen-bond donors (Lipinski definition) is 0. The summed E-state index contributed by atoms with van der Waals surface area (Å²) in [5.41, 5.74) is 3.69. The number of nitrogens with zero attached hydrogens (tertiary/aromatic N) is 7. The molecule has 1 amide bonds. The third kappa shape index (κ3) is 4.74. The Morgan fingerprint density at radius 3 is 2.76 bits per heavy atom. The normalized spacial score (nSPS) is 11.3. The fourth-order valence-corrected chi connectivity index (χ4v) is 3.82. The molecule has 4 rings (SSSR count). The lowest BCUT2D eigenvalue weighted by atomic mass is 10.1. The molecule has 0 saturated heterocycles. The van der Waals surface area contributed by atoms with Crippen LogP contribution in [0.25, 0.3) is 22.3 Å². The van der Waals surface area contributed by atoms with E-state index in [9.17, 15) is 4.79 Å². The summed E-state index contributed by atoms with van der Waals surface area (Å²) in [5.74, 6) is 0.210. The quantitative estimate of drug-likeness (QED) is 0.393. The second kappa shape index (κ2) is 9.68. The van der Waals surface area contributed by atoms with Crippen molar-refractivity contribution < 1.29 is 9.53 Å².